The molecule has 1 fully saturated rings. The molecule has 2 aromatic carbocycles. The molecule has 1 aliphatic heterocycles. The van der Waals surface area contributed by atoms with Crippen LogP contribution in [0, 0.1) is 6.92 Å². The van der Waals surface area contributed by atoms with Gasteiger partial charge in [0.2, 0.25) is 10.0 Å². The molecule has 3 rings (SSSR count). The molecule has 33 heavy (non-hydrogen) atoms. The Kier molecular flexibility index (Phi) is 8.48. The van der Waals surface area contributed by atoms with Crippen LogP contribution in [0.1, 0.15) is 21.5 Å². The Labute approximate surface area is 216 Å². The molecule has 1 unspecified atom stereocenters. The molecule has 1 saturated heterocycles. The van der Waals surface area contributed by atoms with Gasteiger partial charge < -0.3 is 10.1 Å². The van der Waals surface area contributed by atoms with E-state index in [1.165, 1.54) is 16.7 Å². The van der Waals surface area contributed by atoms with Gasteiger partial charge in [0.25, 0.3) is 11.8 Å². The highest BCUT2D eigenvalue weighted by molar-refractivity contribution is 8.26. The minimum Gasteiger partial charge on any atom is -0.466 e. The standard InChI is InChI=1S/C23H19Cl3N2O3S2/c1-3-12-28-20(30)18(33-22(28)32)13-15-6-10-17(11-7-15)31-21(23(24,25)26)27-19(29)16-8-4-14(2)5-9-16/h3-11,13,21H,1,12H2,2H3,(H,27,29). The molecule has 1 N–H and O–H groups in total. The molecule has 10 heteroatoms. The predicted octanol–water partition coefficient (Wildman–Crippen LogP) is 5.89. The van der Waals surface area contributed by atoms with Crippen molar-refractivity contribution in [3.8, 4) is 5.75 Å². The molecular formula is C23H19Cl3N2O3S2. The van der Waals surface area contributed by atoms with E-state index in [1.54, 1.807) is 48.6 Å². The largest absolute Gasteiger partial charge is 0.466 e. The molecule has 0 aromatic heterocycles. The van der Waals surface area contributed by atoms with Gasteiger partial charge in [-0.25, -0.2) is 0 Å². The average molecular weight is 542 g/mol. The molecule has 1 heterocycles. The van der Waals surface area contributed by atoms with Crippen LogP contribution in [-0.2, 0) is 4.79 Å². The van der Waals surface area contributed by atoms with Gasteiger partial charge in [-0.1, -0.05) is 94.7 Å². The van der Waals surface area contributed by atoms with Gasteiger partial charge in [0.1, 0.15) is 10.1 Å². The van der Waals surface area contributed by atoms with Crippen molar-refractivity contribution < 1.29 is 14.3 Å². The first-order valence-electron chi connectivity index (χ1n) is 9.65. The zero-order chi connectivity index (χ0) is 24.2. The zero-order valence-electron chi connectivity index (χ0n) is 17.4. The Morgan fingerprint density at radius 3 is 2.42 bits per heavy atom. The minimum absolute atomic E-state index is 0.166. The lowest BCUT2D eigenvalue weighted by Gasteiger charge is -2.26. The number of hydrogen-bond acceptors (Lipinski definition) is 5. The van der Waals surface area contributed by atoms with Crippen molar-refractivity contribution in [1.82, 2.24) is 10.2 Å². The van der Waals surface area contributed by atoms with Crippen LogP contribution in [0.4, 0.5) is 0 Å². The summed E-state index contributed by atoms with van der Waals surface area (Å²) in [5.41, 5.74) is 2.19. The van der Waals surface area contributed by atoms with E-state index < -0.39 is 15.9 Å². The molecule has 172 valence electrons. The third-order valence-corrected chi connectivity index (χ3v) is 6.46. The number of halogens is 3. The van der Waals surface area contributed by atoms with Crippen molar-refractivity contribution in [2.45, 2.75) is 16.9 Å². The second-order valence-electron chi connectivity index (χ2n) is 7.03. The number of carbonyl (C=O) groups is 2. The Hall–Kier alpha value is -2.03. The number of amides is 2. The summed E-state index contributed by atoms with van der Waals surface area (Å²) in [7, 11) is 0. The molecule has 1 aliphatic rings. The Bertz CT molecular complexity index is 1100. The maximum atomic E-state index is 12.6. The SMILES string of the molecule is C=CCN1C(=O)C(=Cc2ccc(OC(NC(=O)c3ccc(C)cc3)C(Cl)(Cl)Cl)cc2)SC1=S. The lowest BCUT2D eigenvalue weighted by molar-refractivity contribution is -0.121. The number of nitrogens with zero attached hydrogens (tertiary/aromatic N) is 1. The lowest BCUT2D eigenvalue weighted by Crippen LogP contribution is -2.47. The number of nitrogens with one attached hydrogen (secondary N) is 1. The predicted molar refractivity (Wildman–Crippen MR) is 140 cm³/mol. The van der Waals surface area contributed by atoms with Gasteiger partial charge in [-0.2, -0.15) is 0 Å². The zero-order valence-corrected chi connectivity index (χ0v) is 21.3. The maximum Gasteiger partial charge on any atom is 0.266 e. The van der Waals surface area contributed by atoms with Crippen molar-refractivity contribution in [2.75, 3.05) is 6.54 Å². The highest BCUT2D eigenvalue weighted by atomic mass is 35.6. The lowest BCUT2D eigenvalue weighted by atomic mass is 10.1. The van der Waals surface area contributed by atoms with Gasteiger partial charge >= 0.3 is 0 Å². The minimum atomic E-state index is -1.92. The smallest absolute Gasteiger partial charge is 0.266 e. The van der Waals surface area contributed by atoms with Crippen LogP contribution in [0.2, 0.25) is 0 Å². The van der Waals surface area contributed by atoms with Crippen molar-refractivity contribution in [2.24, 2.45) is 0 Å². The van der Waals surface area contributed by atoms with Gasteiger partial charge in [0, 0.05) is 12.1 Å². The summed E-state index contributed by atoms with van der Waals surface area (Å²) in [6.45, 7) is 5.92. The van der Waals surface area contributed by atoms with Gasteiger partial charge in [-0.05, 0) is 42.8 Å². The Balaban J connectivity index is 1.71. The van der Waals surface area contributed by atoms with Crippen LogP contribution in [-0.4, -0.2) is 37.6 Å². The molecule has 2 aromatic rings. The van der Waals surface area contributed by atoms with Crippen molar-refractivity contribution in [3.05, 3.63) is 82.8 Å². The summed E-state index contributed by atoms with van der Waals surface area (Å²) in [5.74, 6) is -0.239. The fourth-order valence-corrected chi connectivity index (χ4v) is 4.37. The third kappa shape index (κ3) is 6.74. The second-order valence-corrected chi connectivity index (χ2v) is 11.1. The number of carbonyl (C=O) groups excluding carboxylic acids is 2. The third-order valence-electron chi connectivity index (χ3n) is 4.49. The summed E-state index contributed by atoms with van der Waals surface area (Å²) >= 11 is 24.6. The first-order chi connectivity index (χ1) is 15.6. The van der Waals surface area contributed by atoms with Crippen LogP contribution in [0.3, 0.4) is 0 Å². The average Bonchev–Trinajstić information content (AvgIpc) is 3.02. The molecular weight excluding hydrogens is 523 g/mol. The quantitative estimate of drug-likeness (QED) is 0.156. The van der Waals surface area contributed by atoms with Crippen molar-refractivity contribution in [3.63, 3.8) is 0 Å². The summed E-state index contributed by atoms with van der Waals surface area (Å²) in [5, 5.41) is 2.60. The molecule has 2 amide bonds. The molecule has 0 aliphatic carbocycles. The van der Waals surface area contributed by atoms with Crippen LogP contribution in [0.25, 0.3) is 6.08 Å². The molecule has 5 nitrogen and oxygen atoms in total. The number of alkyl halides is 3. The molecule has 0 radical (unpaired) electrons. The van der Waals surface area contributed by atoms with E-state index in [-0.39, 0.29) is 5.91 Å². The van der Waals surface area contributed by atoms with Gasteiger partial charge in [-0.15, -0.1) is 6.58 Å². The van der Waals surface area contributed by atoms with Gasteiger partial charge in [0.15, 0.2) is 0 Å². The maximum absolute atomic E-state index is 12.6. The molecule has 1 atom stereocenters. The van der Waals surface area contributed by atoms with E-state index in [4.69, 9.17) is 51.8 Å². The van der Waals surface area contributed by atoms with Gasteiger partial charge in [-0.3, -0.25) is 14.5 Å². The number of hydrogen-bond donors (Lipinski definition) is 1. The fourth-order valence-electron chi connectivity index (χ4n) is 2.80. The monoisotopic (exact) mass is 540 g/mol. The summed E-state index contributed by atoms with van der Waals surface area (Å²) in [4.78, 5) is 27.0. The number of benzene rings is 2. The normalized spacial score (nSPS) is 16.1. The van der Waals surface area contributed by atoms with Crippen LogP contribution in [0.5, 0.6) is 5.75 Å². The summed E-state index contributed by atoms with van der Waals surface area (Å²) in [6.07, 6.45) is 2.12. The summed E-state index contributed by atoms with van der Waals surface area (Å²) < 4.78 is 4.31. The highest BCUT2D eigenvalue weighted by Gasteiger charge is 2.36. The van der Waals surface area contributed by atoms with E-state index in [2.05, 4.69) is 11.9 Å². The van der Waals surface area contributed by atoms with Crippen LogP contribution >= 0.6 is 58.8 Å². The van der Waals surface area contributed by atoms with Crippen LogP contribution in [0.15, 0.2) is 66.1 Å². The number of rotatable bonds is 7. The Morgan fingerprint density at radius 1 is 1.21 bits per heavy atom. The van der Waals surface area contributed by atoms with Gasteiger partial charge in [0.05, 0.1) is 4.91 Å². The molecule has 0 saturated carbocycles. The molecule has 0 bridgehead atoms. The fraction of sp³-hybridized carbons (Fsp3) is 0.174. The van der Waals surface area contributed by atoms with Crippen LogP contribution < -0.4 is 10.1 Å². The second kappa shape index (κ2) is 10.9. The summed E-state index contributed by atoms with van der Waals surface area (Å²) in [6, 6.07) is 13.8. The number of aryl methyl sites for hydroxylation is 1. The topological polar surface area (TPSA) is 58.6 Å². The highest BCUT2D eigenvalue weighted by Crippen LogP contribution is 2.34. The first-order valence-corrected chi connectivity index (χ1v) is 12.0. The Morgan fingerprint density at radius 2 is 1.85 bits per heavy atom. The number of thioether (sulfide) groups is 1. The van der Waals surface area contributed by atoms with E-state index in [9.17, 15) is 9.59 Å². The molecule has 0 spiro atoms. The van der Waals surface area contributed by atoms with E-state index in [1.807, 2.05) is 19.1 Å². The van der Waals surface area contributed by atoms with Crippen molar-refractivity contribution in [1.29, 1.82) is 0 Å². The number of thiocarbonyl (C=S) groups is 1. The van der Waals surface area contributed by atoms with Crippen molar-refractivity contribution >= 4 is 81.0 Å². The van der Waals surface area contributed by atoms with E-state index in [0.29, 0.717) is 27.1 Å². The first kappa shape index (κ1) is 25.6. The van der Waals surface area contributed by atoms with E-state index in [0.717, 1.165) is 11.1 Å². The number of ether oxygens (including phenoxy) is 1. The van der Waals surface area contributed by atoms with E-state index >= 15 is 0 Å².